The summed E-state index contributed by atoms with van der Waals surface area (Å²) < 4.78 is 4.85. The number of hydrogen-bond donors (Lipinski definition) is 2. The van der Waals surface area contributed by atoms with Crippen LogP contribution in [0, 0.1) is 0 Å². The van der Waals surface area contributed by atoms with Gasteiger partial charge in [-0.15, -0.1) is 0 Å². The molecule has 0 saturated carbocycles. The van der Waals surface area contributed by atoms with Crippen molar-refractivity contribution in [1.82, 2.24) is 0 Å². The lowest BCUT2D eigenvalue weighted by Gasteiger charge is -2.05. The van der Waals surface area contributed by atoms with Gasteiger partial charge in [0.1, 0.15) is 0 Å². The highest BCUT2D eigenvalue weighted by atomic mass is 32.2. The lowest BCUT2D eigenvalue weighted by atomic mass is 10.4. The van der Waals surface area contributed by atoms with E-state index in [-0.39, 0.29) is 6.61 Å². The summed E-state index contributed by atoms with van der Waals surface area (Å²) in [5.74, 6) is 1.59. The molecule has 4 heteroatoms. The Hall–Kier alpha value is 0.230. The number of ether oxygens (including phenoxy) is 1. The Morgan fingerprint density at radius 3 is 2.82 bits per heavy atom. The van der Waals surface area contributed by atoms with Crippen molar-refractivity contribution in [2.24, 2.45) is 0 Å². The van der Waals surface area contributed by atoms with Gasteiger partial charge in [0.25, 0.3) is 0 Å². The van der Waals surface area contributed by atoms with Gasteiger partial charge in [0.05, 0.1) is 12.7 Å². The molecule has 11 heavy (non-hydrogen) atoms. The largest absolute Gasteiger partial charge is 0.394 e. The zero-order valence-corrected chi connectivity index (χ0v) is 7.64. The monoisotopic (exact) mass is 180 g/mol. The molecule has 0 radical (unpaired) electrons. The zero-order valence-electron chi connectivity index (χ0n) is 6.82. The predicted octanol–water partition coefficient (Wildman–Crippen LogP) is 0.109. The van der Waals surface area contributed by atoms with E-state index in [0.29, 0.717) is 5.75 Å². The van der Waals surface area contributed by atoms with Gasteiger partial charge in [-0.25, -0.2) is 0 Å². The highest BCUT2D eigenvalue weighted by Crippen LogP contribution is 2.04. The molecule has 0 aromatic carbocycles. The van der Waals surface area contributed by atoms with Crippen LogP contribution in [0.5, 0.6) is 0 Å². The van der Waals surface area contributed by atoms with Crippen molar-refractivity contribution in [2.45, 2.75) is 12.5 Å². The van der Waals surface area contributed by atoms with Gasteiger partial charge in [-0.1, -0.05) is 0 Å². The number of hydrogen-bond acceptors (Lipinski definition) is 4. The van der Waals surface area contributed by atoms with Crippen LogP contribution in [0.4, 0.5) is 0 Å². The minimum absolute atomic E-state index is 0.142. The van der Waals surface area contributed by atoms with Crippen LogP contribution in [0.15, 0.2) is 0 Å². The van der Waals surface area contributed by atoms with Crippen molar-refractivity contribution >= 4 is 11.8 Å². The first kappa shape index (κ1) is 11.2. The van der Waals surface area contributed by atoms with E-state index in [1.54, 1.807) is 18.9 Å². The molecule has 0 bridgehead atoms. The van der Waals surface area contributed by atoms with Crippen LogP contribution in [0.25, 0.3) is 0 Å². The average molecular weight is 180 g/mol. The molecule has 1 atom stereocenters. The van der Waals surface area contributed by atoms with E-state index in [0.717, 1.165) is 18.8 Å². The minimum atomic E-state index is -0.567. The third kappa shape index (κ3) is 8.13. The molecule has 68 valence electrons. The first-order valence-electron chi connectivity index (χ1n) is 3.67. The number of aliphatic hydroxyl groups is 2. The summed E-state index contributed by atoms with van der Waals surface area (Å²) in [4.78, 5) is 0. The van der Waals surface area contributed by atoms with E-state index in [4.69, 9.17) is 14.9 Å². The van der Waals surface area contributed by atoms with Crippen molar-refractivity contribution in [3.05, 3.63) is 0 Å². The fourth-order valence-corrected chi connectivity index (χ4v) is 1.44. The van der Waals surface area contributed by atoms with Gasteiger partial charge in [-0.3, -0.25) is 0 Å². The van der Waals surface area contributed by atoms with E-state index in [9.17, 15) is 0 Å². The van der Waals surface area contributed by atoms with E-state index < -0.39 is 6.10 Å². The quantitative estimate of drug-likeness (QED) is 0.546. The lowest BCUT2D eigenvalue weighted by Crippen LogP contribution is -2.15. The van der Waals surface area contributed by atoms with Crippen molar-refractivity contribution in [3.63, 3.8) is 0 Å². The van der Waals surface area contributed by atoms with E-state index in [1.807, 2.05) is 0 Å². The number of thioether (sulfide) groups is 1. The third-order valence-electron chi connectivity index (χ3n) is 1.16. The van der Waals surface area contributed by atoms with E-state index in [1.165, 1.54) is 0 Å². The first-order chi connectivity index (χ1) is 5.31. The highest BCUT2D eigenvalue weighted by molar-refractivity contribution is 7.99. The number of aliphatic hydroxyl groups excluding tert-OH is 2. The Balaban J connectivity index is 2.89. The maximum atomic E-state index is 8.91. The molecule has 0 aliphatic carbocycles. The summed E-state index contributed by atoms with van der Waals surface area (Å²) in [7, 11) is 1.67. The second kappa shape index (κ2) is 8.33. The molecule has 0 amide bonds. The molecule has 0 aliphatic heterocycles. The fourth-order valence-electron chi connectivity index (χ4n) is 0.577. The first-order valence-corrected chi connectivity index (χ1v) is 4.82. The zero-order chi connectivity index (χ0) is 8.53. The predicted molar refractivity (Wildman–Crippen MR) is 46.9 cm³/mol. The minimum Gasteiger partial charge on any atom is -0.394 e. The van der Waals surface area contributed by atoms with Gasteiger partial charge in [0, 0.05) is 19.5 Å². The highest BCUT2D eigenvalue weighted by Gasteiger charge is 2.00. The van der Waals surface area contributed by atoms with Gasteiger partial charge < -0.3 is 14.9 Å². The molecular formula is C7H16O3S. The van der Waals surface area contributed by atoms with Gasteiger partial charge >= 0.3 is 0 Å². The van der Waals surface area contributed by atoms with Crippen LogP contribution in [0.3, 0.4) is 0 Å². The smallest absolute Gasteiger partial charge is 0.0861 e. The molecule has 0 fully saturated rings. The summed E-state index contributed by atoms with van der Waals surface area (Å²) in [5, 5.41) is 17.4. The van der Waals surface area contributed by atoms with Crippen LogP contribution in [0.1, 0.15) is 6.42 Å². The van der Waals surface area contributed by atoms with Gasteiger partial charge in [0.15, 0.2) is 0 Å². The second-order valence-electron chi connectivity index (χ2n) is 2.26. The van der Waals surface area contributed by atoms with Crippen LogP contribution >= 0.6 is 11.8 Å². The Bertz CT molecular complexity index is 80.1. The molecule has 2 N–H and O–H groups in total. The van der Waals surface area contributed by atoms with Crippen molar-refractivity contribution < 1.29 is 14.9 Å². The van der Waals surface area contributed by atoms with Gasteiger partial charge in [-0.2, -0.15) is 11.8 Å². The Morgan fingerprint density at radius 1 is 1.55 bits per heavy atom. The molecule has 3 nitrogen and oxygen atoms in total. The summed E-state index contributed by atoms with van der Waals surface area (Å²) in [6, 6.07) is 0. The Morgan fingerprint density at radius 2 is 2.27 bits per heavy atom. The van der Waals surface area contributed by atoms with Crippen LogP contribution < -0.4 is 0 Å². The van der Waals surface area contributed by atoms with Gasteiger partial charge in [0.2, 0.25) is 0 Å². The van der Waals surface area contributed by atoms with Crippen LogP contribution in [-0.2, 0) is 4.74 Å². The number of methoxy groups -OCH3 is 1. The van der Waals surface area contributed by atoms with Crippen molar-refractivity contribution in [1.29, 1.82) is 0 Å². The summed E-state index contributed by atoms with van der Waals surface area (Å²) >= 11 is 1.64. The Kier molecular flexibility index (Phi) is 8.50. The third-order valence-corrected chi connectivity index (χ3v) is 2.36. The number of rotatable bonds is 7. The normalized spacial score (nSPS) is 13.4. The van der Waals surface area contributed by atoms with E-state index >= 15 is 0 Å². The average Bonchev–Trinajstić information content (AvgIpc) is 2.04. The van der Waals surface area contributed by atoms with Gasteiger partial charge in [-0.05, 0) is 12.2 Å². The maximum absolute atomic E-state index is 8.91. The molecule has 0 aromatic rings. The summed E-state index contributed by atoms with van der Waals surface area (Å²) in [5.41, 5.74) is 0. The molecule has 0 rings (SSSR count). The molecule has 0 saturated heterocycles. The molecule has 0 aliphatic rings. The molecule has 1 unspecified atom stereocenters. The summed E-state index contributed by atoms with van der Waals surface area (Å²) in [6.45, 7) is 0.625. The topological polar surface area (TPSA) is 49.7 Å². The molecule has 0 heterocycles. The van der Waals surface area contributed by atoms with E-state index in [2.05, 4.69) is 0 Å². The fraction of sp³-hybridized carbons (Fsp3) is 1.00. The lowest BCUT2D eigenvalue weighted by molar-refractivity contribution is 0.113. The Labute approximate surface area is 71.8 Å². The SMILES string of the molecule is COCCCSCC(O)CO. The second-order valence-corrected chi connectivity index (χ2v) is 3.41. The molecule has 0 aromatic heterocycles. The van der Waals surface area contributed by atoms with Crippen molar-refractivity contribution in [2.75, 3.05) is 31.8 Å². The molecular weight excluding hydrogens is 164 g/mol. The van der Waals surface area contributed by atoms with Crippen LogP contribution in [-0.4, -0.2) is 48.1 Å². The standard InChI is InChI=1S/C7H16O3S/c1-10-3-2-4-11-6-7(9)5-8/h7-9H,2-6H2,1H3. The summed E-state index contributed by atoms with van der Waals surface area (Å²) in [6.07, 6.45) is 0.432. The van der Waals surface area contributed by atoms with Crippen LogP contribution in [0.2, 0.25) is 0 Å². The van der Waals surface area contributed by atoms with Crippen molar-refractivity contribution in [3.8, 4) is 0 Å². The maximum Gasteiger partial charge on any atom is 0.0861 e. The molecule has 0 spiro atoms.